The number of hydrogen-bond acceptors (Lipinski definition) is 8. The van der Waals surface area contributed by atoms with Crippen molar-refractivity contribution in [1.82, 2.24) is 14.8 Å². The van der Waals surface area contributed by atoms with Gasteiger partial charge in [-0.3, -0.25) is 19.0 Å². The number of terminal acetylenes is 1. The topological polar surface area (TPSA) is 147 Å². The van der Waals surface area contributed by atoms with Crippen molar-refractivity contribution in [2.24, 2.45) is 0 Å². The van der Waals surface area contributed by atoms with Crippen molar-refractivity contribution >= 4 is 33.4 Å². The molecule has 11 nitrogen and oxygen atoms in total. The predicted molar refractivity (Wildman–Crippen MR) is 138 cm³/mol. The highest BCUT2D eigenvalue weighted by atomic mass is 32.2. The van der Waals surface area contributed by atoms with Crippen molar-refractivity contribution in [3.05, 3.63) is 57.3 Å². The summed E-state index contributed by atoms with van der Waals surface area (Å²) in [6.45, 7) is 2.14. The molecule has 1 fully saturated rings. The Bertz CT molecular complexity index is 1490. The second-order valence-electron chi connectivity index (χ2n) is 8.34. The van der Waals surface area contributed by atoms with Gasteiger partial charge in [-0.05, 0) is 30.7 Å². The first kappa shape index (κ1) is 28.4. The highest BCUT2D eigenvalue weighted by Gasteiger charge is 2.28. The molecular formula is C25H27FN4O7S. The fourth-order valence-electron chi connectivity index (χ4n) is 3.95. The number of hydrogen-bond donors (Lipinski definition) is 3. The Morgan fingerprint density at radius 3 is 2.58 bits per heavy atom. The smallest absolute Gasteiger partial charge is 0.268 e. The summed E-state index contributed by atoms with van der Waals surface area (Å²) in [5.41, 5.74) is -1.70. The Morgan fingerprint density at radius 2 is 1.97 bits per heavy atom. The summed E-state index contributed by atoms with van der Waals surface area (Å²) >= 11 is 0. The summed E-state index contributed by atoms with van der Waals surface area (Å²) in [4.78, 5) is 40.7. The fraction of sp³-hybridized carbons (Fsp3) is 0.320. The first-order chi connectivity index (χ1) is 18.0. The lowest BCUT2D eigenvalue weighted by atomic mass is 10.1. The Hall–Kier alpha value is -4.15. The van der Waals surface area contributed by atoms with Crippen molar-refractivity contribution in [2.75, 3.05) is 37.9 Å². The van der Waals surface area contributed by atoms with Crippen LogP contribution in [-0.4, -0.2) is 67.4 Å². The van der Waals surface area contributed by atoms with Crippen LogP contribution in [0.25, 0.3) is 6.08 Å². The zero-order valence-corrected chi connectivity index (χ0v) is 21.6. The maximum atomic E-state index is 13.7. The lowest BCUT2D eigenvalue weighted by Gasteiger charge is -2.27. The van der Waals surface area contributed by atoms with E-state index in [0.29, 0.717) is 26.3 Å². The summed E-state index contributed by atoms with van der Waals surface area (Å²) in [7, 11) is -3.84. The van der Waals surface area contributed by atoms with E-state index in [1.54, 1.807) is 13.0 Å². The average Bonchev–Trinajstić information content (AvgIpc) is 2.87. The Balaban J connectivity index is 2.05. The van der Waals surface area contributed by atoms with Crippen molar-refractivity contribution in [3.63, 3.8) is 0 Å². The number of carbonyl (C=O) groups excluding carboxylic acids is 2. The van der Waals surface area contributed by atoms with Crippen LogP contribution in [-0.2, 0) is 32.5 Å². The van der Waals surface area contributed by atoms with E-state index in [-0.39, 0.29) is 21.8 Å². The molecule has 0 aliphatic carbocycles. The van der Waals surface area contributed by atoms with Crippen LogP contribution in [0.5, 0.6) is 5.75 Å². The number of nitrogens with one attached hydrogen (secondary N) is 2. The summed E-state index contributed by atoms with van der Waals surface area (Å²) in [6.07, 6.45) is 9.27. The van der Waals surface area contributed by atoms with Gasteiger partial charge in [0.05, 0.1) is 23.8 Å². The summed E-state index contributed by atoms with van der Waals surface area (Å²) in [6, 6.07) is 5.17. The molecule has 3 N–H and O–H groups in total. The molecule has 2 heterocycles. The van der Waals surface area contributed by atoms with Gasteiger partial charge in [-0.15, -0.1) is 0 Å². The van der Waals surface area contributed by atoms with Gasteiger partial charge < -0.3 is 25.4 Å². The van der Waals surface area contributed by atoms with E-state index in [2.05, 4.69) is 16.7 Å². The number of nitrogens with zero attached hydrogens (tertiary/aromatic N) is 2. The second-order valence-corrected chi connectivity index (χ2v) is 10.3. The second kappa shape index (κ2) is 11.9. The van der Waals surface area contributed by atoms with Crippen molar-refractivity contribution in [1.29, 1.82) is 0 Å². The lowest BCUT2D eigenvalue weighted by molar-refractivity contribution is -0.135. The third kappa shape index (κ3) is 6.21. The number of halogens is 1. The quantitative estimate of drug-likeness (QED) is 0.327. The van der Waals surface area contributed by atoms with Crippen molar-refractivity contribution in [2.45, 2.75) is 24.9 Å². The van der Waals surface area contributed by atoms with E-state index < -0.39 is 57.4 Å². The number of aromatic hydroxyl groups is 1. The normalized spacial score (nSPS) is 13.8. The van der Waals surface area contributed by atoms with Gasteiger partial charge in [-0.25, -0.2) is 12.8 Å². The minimum absolute atomic E-state index is 0.0667. The van der Waals surface area contributed by atoms with Gasteiger partial charge in [0.25, 0.3) is 11.5 Å². The molecule has 1 aromatic heterocycles. The number of rotatable bonds is 8. The first-order valence-electron chi connectivity index (χ1n) is 11.5. The molecular weight excluding hydrogens is 519 g/mol. The van der Waals surface area contributed by atoms with E-state index in [1.165, 1.54) is 17.0 Å². The molecule has 3 rings (SSSR count). The Labute approximate surface area is 218 Å². The van der Waals surface area contributed by atoms with E-state index in [9.17, 15) is 32.3 Å². The molecule has 0 spiro atoms. The monoisotopic (exact) mass is 546 g/mol. The molecule has 2 aromatic rings. The zero-order chi connectivity index (χ0) is 28.0. The molecule has 1 aliphatic heterocycles. The van der Waals surface area contributed by atoms with Gasteiger partial charge in [-0.1, -0.05) is 18.6 Å². The summed E-state index contributed by atoms with van der Waals surface area (Å²) in [5.74, 6) is -3.00. The van der Waals surface area contributed by atoms with Gasteiger partial charge in [0, 0.05) is 31.9 Å². The largest absolute Gasteiger partial charge is 0.505 e. The highest BCUT2D eigenvalue weighted by molar-refractivity contribution is 7.90. The van der Waals surface area contributed by atoms with Gasteiger partial charge >= 0.3 is 0 Å². The van der Waals surface area contributed by atoms with Crippen LogP contribution in [0.4, 0.5) is 10.1 Å². The molecule has 202 valence electrons. The van der Waals surface area contributed by atoms with E-state index >= 15 is 0 Å². The molecule has 1 aromatic carbocycles. The molecule has 0 unspecified atom stereocenters. The van der Waals surface area contributed by atoms with Crippen molar-refractivity contribution < 1.29 is 32.2 Å². The predicted octanol–water partition coefficient (Wildman–Crippen LogP) is 0.921. The van der Waals surface area contributed by atoms with Gasteiger partial charge in [-0.2, -0.15) is 0 Å². The minimum atomic E-state index is -3.84. The number of morpholine rings is 1. The number of benzene rings is 1. The molecule has 1 saturated heterocycles. The molecule has 13 heteroatoms. The Kier molecular flexibility index (Phi) is 8.92. The summed E-state index contributed by atoms with van der Waals surface area (Å²) < 4.78 is 44.1. The van der Waals surface area contributed by atoms with Crippen molar-refractivity contribution in [3.8, 4) is 18.2 Å². The number of allylic oxidation sites excluding steroid dienone is 1. The van der Waals surface area contributed by atoms with Crippen LogP contribution in [0.15, 0.2) is 34.0 Å². The third-order valence-corrected chi connectivity index (χ3v) is 6.93. The van der Waals surface area contributed by atoms with Crippen LogP contribution in [0.2, 0.25) is 0 Å². The number of sulfone groups is 1. The molecule has 2 amide bonds. The minimum Gasteiger partial charge on any atom is -0.505 e. The van der Waals surface area contributed by atoms with Gasteiger partial charge in [0.2, 0.25) is 5.91 Å². The average molecular weight is 547 g/mol. The fourth-order valence-corrected chi connectivity index (χ4v) is 4.89. The molecule has 38 heavy (non-hydrogen) atoms. The standard InChI is InChI=1S/C25H27FN4O7S/c1-4-6-18-22(27-5-2)23(32)21(25(34)30(18)15-20(31)29-9-11-37-12-10-29)24(33)28-14-16-7-8-17(26)13-19(16)38(3,35)36/h2,4,6-8,13,27,32H,9-12,14-15H2,1,3H3,(H,28,33)/b6-4-. The van der Waals surface area contributed by atoms with Crippen LogP contribution in [0.3, 0.4) is 0 Å². The number of aromatic nitrogens is 1. The number of amides is 2. The maximum absolute atomic E-state index is 13.7. The number of pyridine rings is 1. The maximum Gasteiger partial charge on any atom is 0.268 e. The van der Waals surface area contributed by atoms with Crippen LogP contribution in [0, 0.1) is 18.3 Å². The van der Waals surface area contributed by atoms with Gasteiger partial charge in [0.1, 0.15) is 23.6 Å². The Morgan fingerprint density at radius 1 is 1.29 bits per heavy atom. The molecule has 0 radical (unpaired) electrons. The van der Waals surface area contributed by atoms with E-state index in [4.69, 9.17) is 11.2 Å². The number of ether oxygens (including phenoxy) is 1. The molecule has 0 saturated carbocycles. The zero-order valence-electron chi connectivity index (χ0n) is 20.8. The molecule has 0 bridgehead atoms. The van der Waals surface area contributed by atoms with Crippen LogP contribution < -0.4 is 16.2 Å². The van der Waals surface area contributed by atoms with Crippen LogP contribution in [0.1, 0.15) is 28.5 Å². The summed E-state index contributed by atoms with van der Waals surface area (Å²) in [5, 5.41) is 15.7. The lowest BCUT2D eigenvalue weighted by Crippen LogP contribution is -2.44. The molecule has 1 aliphatic rings. The SMILES string of the molecule is C#CNc1c(O)c(C(=O)NCc2ccc(F)cc2S(C)(=O)=O)c(=O)n(CC(=O)N2CCOCC2)c1/C=C\C. The first-order valence-corrected chi connectivity index (χ1v) is 13.3. The van der Waals surface area contributed by atoms with E-state index in [1.807, 2.05) is 0 Å². The van der Waals surface area contributed by atoms with Crippen LogP contribution >= 0.6 is 0 Å². The number of carbonyl (C=O) groups is 2. The van der Waals surface area contributed by atoms with Gasteiger partial charge in [0.15, 0.2) is 15.6 Å². The third-order valence-electron chi connectivity index (χ3n) is 5.75. The molecule has 0 atom stereocenters. The highest BCUT2D eigenvalue weighted by Crippen LogP contribution is 2.30. The van der Waals surface area contributed by atoms with E-state index in [0.717, 1.165) is 23.0 Å². The number of anilines is 1.